The van der Waals surface area contributed by atoms with Gasteiger partial charge in [0.05, 0.1) is 11.6 Å². The van der Waals surface area contributed by atoms with E-state index in [1.54, 1.807) is 0 Å². The van der Waals surface area contributed by atoms with Gasteiger partial charge >= 0.3 is 5.63 Å². The molecule has 2 aromatic rings. The minimum Gasteiger partial charge on any atom is -0.422 e. The first-order valence-corrected chi connectivity index (χ1v) is 7.19. The number of non-ortho nitro benzene ring substituents is 1. The zero-order valence-electron chi connectivity index (χ0n) is 12.9. The van der Waals surface area contributed by atoms with Crippen LogP contribution in [0.1, 0.15) is 24.2 Å². The number of fused-ring (bicyclic) bond motifs is 1. The third kappa shape index (κ3) is 3.72. The van der Waals surface area contributed by atoms with Crippen LogP contribution in [-0.2, 0) is 0 Å². The molecule has 122 valence electrons. The van der Waals surface area contributed by atoms with Crippen LogP contribution in [0.4, 0.5) is 5.69 Å². The van der Waals surface area contributed by atoms with Gasteiger partial charge in [0.25, 0.3) is 11.6 Å². The van der Waals surface area contributed by atoms with E-state index in [4.69, 9.17) is 4.42 Å². The van der Waals surface area contributed by atoms with Crippen LogP contribution in [-0.4, -0.2) is 35.5 Å². The quantitative estimate of drug-likeness (QED) is 0.376. The number of nitrogens with zero attached hydrogens (tertiary/aromatic N) is 2. The SMILES string of the molecule is CCN(CC)CNC(=O)c1cc2cc([N+](=O)[O-])ccc2oc1=O. The molecule has 1 heterocycles. The van der Waals surface area contributed by atoms with Gasteiger partial charge in [-0.05, 0) is 25.2 Å². The molecule has 1 aromatic heterocycles. The average Bonchev–Trinajstić information content (AvgIpc) is 2.54. The molecule has 0 aliphatic rings. The maximum atomic E-state index is 12.1. The molecule has 2 rings (SSSR count). The van der Waals surface area contributed by atoms with E-state index >= 15 is 0 Å². The highest BCUT2D eigenvalue weighted by Crippen LogP contribution is 2.20. The molecule has 8 heteroatoms. The Morgan fingerprint density at radius 3 is 2.61 bits per heavy atom. The molecule has 0 aliphatic heterocycles. The molecule has 1 N–H and O–H groups in total. The summed E-state index contributed by atoms with van der Waals surface area (Å²) in [4.78, 5) is 36.2. The van der Waals surface area contributed by atoms with Crippen molar-refractivity contribution in [2.24, 2.45) is 0 Å². The number of amides is 1. The van der Waals surface area contributed by atoms with Crippen LogP contribution in [0.15, 0.2) is 33.5 Å². The number of nitrogens with one attached hydrogen (secondary N) is 1. The van der Waals surface area contributed by atoms with E-state index < -0.39 is 16.5 Å². The fraction of sp³-hybridized carbons (Fsp3) is 0.333. The van der Waals surface area contributed by atoms with Crippen molar-refractivity contribution in [1.29, 1.82) is 0 Å². The van der Waals surface area contributed by atoms with Gasteiger partial charge in [-0.1, -0.05) is 13.8 Å². The lowest BCUT2D eigenvalue weighted by molar-refractivity contribution is -0.384. The average molecular weight is 319 g/mol. The standard InChI is InChI=1S/C15H17N3O5/c1-3-17(4-2)9-16-14(19)12-8-10-7-11(18(21)22)5-6-13(10)23-15(12)20/h5-8H,3-4,9H2,1-2H3,(H,16,19). The lowest BCUT2D eigenvalue weighted by Gasteiger charge is -2.18. The highest BCUT2D eigenvalue weighted by Gasteiger charge is 2.16. The maximum absolute atomic E-state index is 12.1. The summed E-state index contributed by atoms with van der Waals surface area (Å²) in [5.41, 5.74) is -0.893. The van der Waals surface area contributed by atoms with Crippen LogP contribution in [0, 0.1) is 10.1 Å². The van der Waals surface area contributed by atoms with E-state index in [0.717, 1.165) is 13.1 Å². The van der Waals surface area contributed by atoms with Crippen molar-refractivity contribution in [3.8, 4) is 0 Å². The van der Waals surface area contributed by atoms with Crippen LogP contribution in [0.2, 0.25) is 0 Å². The summed E-state index contributed by atoms with van der Waals surface area (Å²) in [5.74, 6) is -0.570. The largest absolute Gasteiger partial charge is 0.422 e. The fourth-order valence-electron chi connectivity index (χ4n) is 2.11. The second-order valence-corrected chi connectivity index (χ2v) is 4.89. The van der Waals surface area contributed by atoms with Crippen molar-refractivity contribution in [2.45, 2.75) is 13.8 Å². The van der Waals surface area contributed by atoms with Crippen molar-refractivity contribution in [1.82, 2.24) is 10.2 Å². The molecular formula is C15H17N3O5. The van der Waals surface area contributed by atoms with Gasteiger partial charge in [0.2, 0.25) is 0 Å². The van der Waals surface area contributed by atoms with Gasteiger partial charge in [0.15, 0.2) is 0 Å². The molecule has 23 heavy (non-hydrogen) atoms. The Balaban J connectivity index is 2.32. The fourth-order valence-corrected chi connectivity index (χ4v) is 2.11. The molecule has 0 aliphatic carbocycles. The molecular weight excluding hydrogens is 302 g/mol. The van der Waals surface area contributed by atoms with Crippen LogP contribution in [0.5, 0.6) is 0 Å². The Morgan fingerprint density at radius 1 is 1.30 bits per heavy atom. The number of carbonyl (C=O) groups is 1. The second-order valence-electron chi connectivity index (χ2n) is 4.89. The van der Waals surface area contributed by atoms with Crippen LogP contribution >= 0.6 is 0 Å². The summed E-state index contributed by atoms with van der Waals surface area (Å²) in [7, 11) is 0. The molecule has 0 unspecified atom stereocenters. The second kappa shape index (κ2) is 7.01. The minimum absolute atomic E-state index is 0.138. The van der Waals surface area contributed by atoms with Gasteiger partial charge in [0, 0.05) is 17.5 Å². The number of benzene rings is 1. The molecule has 0 fully saturated rings. The zero-order valence-corrected chi connectivity index (χ0v) is 12.9. The van der Waals surface area contributed by atoms with Gasteiger partial charge in [-0.25, -0.2) is 4.79 Å². The van der Waals surface area contributed by atoms with Gasteiger partial charge in [-0.3, -0.25) is 19.8 Å². The van der Waals surface area contributed by atoms with Crippen molar-refractivity contribution < 1.29 is 14.1 Å². The van der Waals surface area contributed by atoms with Crippen molar-refractivity contribution in [3.05, 3.63) is 50.4 Å². The summed E-state index contributed by atoms with van der Waals surface area (Å²) in [6.45, 7) is 5.74. The first-order chi connectivity index (χ1) is 11.0. The Morgan fingerprint density at radius 2 is 2.00 bits per heavy atom. The Hall–Kier alpha value is -2.74. The number of hydrogen-bond donors (Lipinski definition) is 1. The lowest BCUT2D eigenvalue weighted by atomic mass is 10.1. The van der Waals surface area contributed by atoms with E-state index in [9.17, 15) is 19.7 Å². The molecule has 0 radical (unpaired) electrons. The predicted octanol–water partition coefficient (Wildman–Crippen LogP) is 1.73. The molecule has 0 saturated heterocycles. The molecule has 8 nitrogen and oxygen atoms in total. The van der Waals surface area contributed by atoms with Crippen molar-refractivity contribution in [3.63, 3.8) is 0 Å². The highest BCUT2D eigenvalue weighted by atomic mass is 16.6. The van der Waals surface area contributed by atoms with Crippen LogP contribution < -0.4 is 10.9 Å². The highest BCUT2D eigenvalue weighted by molar-refractivity contribution is 5.96. The zero-order chi connectivity index (χ0) is 17.0. The van der Waals surface area contributed by atoms with Gasteiger partial charge in [0.1, 0.15) is 11.1 Å². The van der Waals surface area contributed by atoms with E-state index in [1.807, 2.05) is 18.7 Å². The monoisotopic (exact) mass is 319 g/mol. The van der Waals surface area contributed by atoms with Gasteiger partial charge < -0.3 is 9.73 Å². The maximum Gasteiger partial charge on any atom is 0.349 e. The molecule has 0 saturated carbocycles. The summed E-state index contributed by atoms with van der Waals surface area (Å²) < 4.78 is 5.06. The minimum atomic E-state index is -0.775. The normalized spacial score (nSPS) is 10.9. The summed E-state index contributed by atoms with van der Waals surface area (Å²) >= 11 is 0. The number of nitro groups is 1. The Bertz CT molecular complexity index is 795. The molecule has 1 amide bonds. The third-order valence-corrected chi connectivity index (χ3v) is 3.53. The lowest BCUT2D eigenvalue weighted by Crippen LogP contribution is -2.38. The van der Waals surface area contributed by atoms with E-state index in [2.05, 4.69) is 5.32 Å². The van der Waals surface area contributed by atoms with Crippen LogP contribution in [0.3, 0.4) is 0 Å². The number of hydrogen-bond acceptors (Lipinski definition) is 6. The topological polar surface area (TPSA) is 106 Å². The first kappa shape index (κ1) is 16.6. The van der Waals surface area contributed by atoms with Crippen molar-refractivity contribution >= 4 is 22.6 Å². The molecule has 0 spiro atoms. The van der Waals surface area contributed by atoms with Crippen LogP contribution in [0.25, 0.3) is 11.0 Å². The van der Waals surface area contributed by atoms with Crippen molar-refractivity contribution in [2.75, 3.05) is 19.8 Å². The Labute approximate surface area is 131 Å². The molecule has 0 atom stereocenters. The van der Waals surface area contributed by atoms with E-state index in [-0.39, 0.29) is 16.8 Å². The third-order valence-electron chi connectivity index (χ3n) is 3.53. The number of rotatable bonds is 6. The summed E-state index contributed by atoms with van der Waals surface area (Å²) in [5, 5.41) is 13.8. The number of carbonyl (C=O) groups excluding carboxylic acids is 1. The Kier molecular flexibility index (Phi) is 5.07. The molecule has 0 bridgehead atoms. The number of nitro benzene ring substituents is 1. The smallest absolute Gasteiger partial charge is 0.349 e. The molecule has 1 aromatic carbocycles. The summed E-state index contributed by atoms with van der Waals surface area (Å²) in [6.07, 6.45) is 0. The van der Waals surface area contributed by atoms with Gasteiger partial charge in [-0.2, -0.15) is 0 Å². The van der Waals surface area contributed by atoms with E-state index in [1.165, 1.54) is 24.3 Å². The summed E-state index contributed by atoms with van der Waals surface area (Å²) in [6, 6.07) is 5.16. The van der Waals surface area contributed by atoms with Gasteiger partial charge in [-0.15, -0.1) is 0 Å². The first-order valence-electron chi connectivity index (χ1n) is 7.19. The predicted molar refractivity (Wildman–Crippen MR) is 84.4 cm³/mol. The van der Waals surface area contributed by atoms with E-state index in [0.29, 0.717) is 12.1 Å².